The number of aromatic nitrogens is 3. The van der Waals surface area contributed by atoms with Crippen LogP contribution in [0.4, 0.5) is 21.7 Å². The molecule has 0 saturated heterocycles. The van der Waals surface area contributed by atoms with Crippen LogP contribution in [0, 0.1) is 5.82 Å². The first-order chi connectivity index (χ1) is 14.8. The van der Waals surface area contributed by atoms with Crippen molar-refractivity contribution < 1.29 is 9.18 Å². The van der Waals surface area contributed by atoms with E-state index in [4.69, 9.17) is 11.5 Å². The molecule has 6 N–H and O–H groups in total. The molecule has 3 aromatic heterocycles. The number of anilines is 3. The van der Waals surface area contributed by atoms with Gasteiger partial charge in [-0.2, -0.15) is 0 Å². The zero-order chi connectivity index (χ0) is 22.1. The van der Waals surface area contributed by atoms with Crippen molar-refractivity contribution >= 4 is 34.3 Å². The van der Waals surface area contributed by atoms with Crippen molar-refractivity contribution in [2.45, 2.75) is 37.8 Å². The number of rotatable bonds is 5. The van der Waals surface area contributed by atoms with Crippen molar-refractivity contribution in [3.63, 3.8) is 0 Å². The van der Waals surface area contributed by atoms with Gasteiger partial charge in [0.15, 0.2) is 11.6 Å². The maximum absolute atomic E-state index is 14.7. The molecule has 0 aliphatic heterocycles. The number of nitrogens with one attached hydrogen (secondary N) is 2. The fourth-order valence-electron chi connectivity index (χ4n) is 3.85. The van der Waals surface area contributed by atoms with Crippen LogP contribution in [0.2, 0.25) is 0 Å². The second kappa shape index (κ2) is 8.31. The lowest BCUT2D eigenvalue weighted by molar-refractivity contribution is 0.100. The van der Waals surface area contributed by atoms with E-state index < -0.39 is 11.7 Å². The summed E-state index contributed by atoms with van der Waals surface area (Å²) in [6.45, 7) is 0. The summed E-state index contributed by atoms with van der Waals surface area (Å²) in [7, 11) is 1.63. The Bertz CT molecular complexity index is 1210. The third-order valence-electron chi connectivity index (χ3n) is 5.59. The van der Waals surface area contributed by atoms with Crippen LogP contribution < -0.4 is 27.7 Å². The molecule has 0 spiro atoms. The molecule has 1 fully saturated rings. The molecule has 1 aliphatic rings. The van der Waals surface area contributed by atoms with E-state index in [9.17, 15) is 14.0 Å². The van der Waals surface area contributed by atoms with Gasteiger partial charge in [-0.05, 0) is 31.0 Å². The maximum atomic E-state index is 14.7. The Morgan fingerprint density at radius 2 is 2.00 bits per heavy atom. The molecular formula is C21H24FN7O2. The molecule has 3 aromatic rings. The second-order valence-corrected chi connectivity index (χ2v) is 7.77. The number of aryl methyl sites for hydroxylation is 1. The van der Waals surface area contributed by atoms with E-state index in [1.54, 1.807) is 19.2 Å². The molecule has 9 nitrogen and oxygen atoms in total. The Labute approximate surface area is 177 Å². The van der Waals surface area contributed by atoms with E-state index in [0.717, 1.165) is 31.7 Å². The molecule has 3 heterocycles. The summed E-state index contributed by atoms with van der Waals surface area (Å²) >= 11 is 0. The maximum Gasteiger partial charge on any atom is 0.252 e. The highest BCUT2D eigenvalue weighted by atomic mass is 19.1. The predicted octanol–water partition coefficient (Wildman–Crippen LogP) is 1.99. The molecule has 1 amide bonds. The Morgan fingerprint density at radius 1 is 1.23 bits per heavy atom. The first-order valence-corrected chi connectivity index (χ1v) is 10.1. The highest BCUT2D eigenvalue weighted by Gasteiger charge is 2.24. The zero-order valence-electron chi connectivity index (χ0n) is 17.1. The first kappa shape index (κ1) is 20.7. The monoisotopic (exact) mass is 425 g/mol. The average Bonchev–Trinajstić information content (AvgIpc) is 2.74. The molecule has 162 valence electrons. The second-order valence-electron chi connectivity index (χ2n) is 7.77. The summed E-state index contributed by atoms with van der Waals surface area (Å²) in [6.07, 6.45) is 5.22. The van der Waals surface area contributed by atoms with Gasteiger partial charge in [0.2, 0.25) is 0 Å². The van der Waals surface area contributed by atoms with Crippen LogP contribution >= 0.6 is 0 Å². The molecule has 0 radical (unpaired) electrons. The van der Waals surface area contributed by atoms with Gasteiger partial charge in [0.1, 0.15) is 11.5 Å². The Balaban J connectivity index is 1.69. The molecule has 31 heavy (non-hydrogen) atoms. The van der Waals surface area contributed by atoms with Crippen LogP contribution in [0.15, 0.2) is 35.3 Å². The summed E-state index contributed by atoms with van der Waals surface area (Å²) in [5.41, 5.74) is 12.4. The summed E-state index contributed by atoms with van der Waals surface area (Å²) in [6, 6.07) is 5.70. The van der Waals surface area contributed by atoms with Crippen LogP contribution in [-0.2, 0) is 7.05 Å². The highest BCUT2D eigenvalue weighted by Crippen LogP contribution is 2.27. The lowest BCUT2D eigenvalue weighted by atomic mass is 9.91. The van der Waals surface area contributed by atoms with Crippen molar-refractivity contribution in [2.75, 3.05) is 10.6 Å². The van der Waals surface area contributed by atoms with Crippen LogP contribution in [0.3, 0.4) is 0 Å². The summed E-state index contributed by atoms with van der Waals surface area (Å²) in [5.74, 6) is -1.38. The number of hydrogen-bond acceptors (Lipinski definition) is 7. The molecule has 0 aromatic carbocycles. The number of carbonyl (C=O) groups is 1. The lowest BCUT2D eigenvalue weighted by Gasteiger charge is -2.30. The minimum atomic E-state index is -0.814. The fraction of sp³-hybridized carbons (Fsp3) is 0.333. The number of hydrogen-bond donors (Lipinski definition) is 4. The van der Waals surface area contributed by atoms with Gasteiger partial charge in [-0.25, -0.2) is 14.4 Å². The van der Waals surface area contributed by atoms with Gasteiger partial charge >= 0.3 is 0 Å². The molecule has 4 rings (SSSR count). The fourth-order valence-corrected chi connectivity index (χ4v) is 3.85. The number of primary amides is 1. The van der Waals surface area contributed by atoms with E-state index in [1.807, 2.05) is 0 Å². The number of fused-ring (bicyclic) bond motifs is 1. The van der Waals surface area contributed by atoms with Gasteiger partial charge in [-0.3, -0.25) is 14.2 Å². The lowest BCUT2D eigenvalue weighted by Crippen LogP contribution is -2.43. The molecule has 1 saturated carbocycles. The highest BCUT2D eigenvalue weighted by molar-refractivity contribution is 5.98. The largest absolute Gasteiger partial charge is 0.365 e. The van der Waals surface area contributed by atoms with Crippen molar-refractivity contribution in [1.29, 1.82) is 0 Å². The summed E-state index contributed by atoms with van der Waals surface area (Å²) in [4.78, 5) is 32.3. The van der Waals surface area contributed by atoms with Gasteiger partial charge < -0.3 is 22.1 Å². The molecule has 10 heteroatoms. The number of nitrogens with two attached hydrogens (primary N) is 2. The van der Waals surface area contributed by atoms with Gasteiger partial charge in [-0.15, -0.1) is 0 Å². The molecule has 1 aliphatic carbocycles. The quantitative estimate of drug-likeness (QED) is 0.490. The standard InChI is InChI=1S/C21H24FN7O2/c1-29-17(30)7-6-11-8-12(10-25-21(11)29)26-19-13(18(24)31)9-14(22)20(28-19)27-16-5-3-2-4-15(16)23/h6-10,15-16H,2-5,23H2,1H3,(H2,24,31)(H2,26,27,28)/t15-,16+/m0/s1. The first-order valence-electron chi connectivity index (χ1n) is 10.1. The minimum absolute atomic E-state index is 0.00555. The predicted molar refractivity (Wildman–Crippen MR) is 117 cm³/mol. The van der Waals surface area contributed by atoms with E-state index in [2.05, 4.69) is 20.6 Å². The van der Waals surface area contributed by atoms with E-state index >= 15 is 0 Å². The van der Waals surface area contributed by atoms with Crippen LogP contribution in [0.1, 0.15) is 36.0 Å². The third-order valence-corrected chi connectivity index (χ3v) is 5.59. The minimum Gasteiger partial charge on any atom is -0.365 e. The average molecular weight is 425 g/mol. The van der Waals surface area contributed by atoms with Crippen molar-refractivity contribution in [3.8, 4) is 0 Å². The number of nitrogens with zero attached hydrogens (tertiary/aromatic N) is 3. The smallest absolute Gasteiger partial charge is 0.252 e. The molecule has 2 atom stereocenters. The molecular weight excluding hydrogens is 401 g/mol. The van der Waals surface area contributed by atoms with Crippen molar-refractivity contribution in [1.82, 2.24) is 14.5 Å². The van der Waals surface area contributed by atoms with Crippen molar-refractivity contribution in [3.05, 3.63) is 52.2 Å². The van der Waals surface area contributed by atoms with Crippen molar-refractivity contribution in [2.24, 2.45) is 18.5 Å². The number of pyridine rings is 3. The number of amides is 1. The molecule has 0 bridgehead atoms. The zero-order valence-corrected chi connectivity index (χ0v) is 17.1. The summed E-state index contributed by atoms with van der Waals surface area (Å²) < 4.78 is 16.1. The van der Waals surface area contributed by atoms with Crippen LogP contribution in [-0.4, -0.2) is 32.5 Å². The van der Waals surface area contributed by atoms with Gasteiger partial charge in [0.25, 0.3) is 11.5 Å². The number of carbonyl (C=O) groups excluding carboxylic acids is 1. The molecule has 0 unspecified atom stereocenters. The normalized spacial score (nSPS) is 18.7. The Kier molecular flexibility index (Phi) is 5.55. The number of halogens is 1. The van der Waals surface area contributed by atoms with E-state index in [1.165, 1.54) is 16.8 Å². The van der Waals surface area contributed by atoms with E-state index in [-0.39, 0.29) is 34.8 Å². The van der Waals surface area contributed by atoms with Gasteiger partial charge in [0, 0.05) is 30.6 Å². The van der Waals surface area contributed by atoms with Crippen LogP contribution in [0.25, 0.3) is 11.0 Å². The Hall–Kier alpha value is -3.53. The van der Waals surface area contributed by atoms with E-state index in [0.29, 0.717) is 16.7 Å². The SMILES string of the molecule is Cn1c(=O)ccc2cc(Nc3nc(N[C@@H]4CCCC[C@@H]4N)c(F)cc3C(N)=O)cnc21. The topological polar surface area (TPSA) is 141 Å². The van der Waals surface area contributed by atoms with Crippen LogP contribution in [0.5, 0.6) is 0 Å². The Morgan fingerprint density at radius 3 is 2.74 bits per heavy atom. The summed E-state index contributed by atoms with van der Waals surface area (Å²) in [5, 5.41) is 6.78. The van der Waals surface area contributed by atoms with Gasteiger partial charge in [-0.1, -0.05) is 12.8 Å². The third kappa shape index (κ3) is 4.19. The van der Waals surface area contributed by atoms with Gasteiger partial charge in [0.05, 0.1) is 17.4 Å².